The molecule has 0 aliphatic rings. The number of rotatable bonds is 8. The molecule has 102 valence electrons. The van der Waals surface area contributed by atoms with Crippen molar-refractivity contribution in [2.45, 2.75) is 64.9 Å². The van der Waals surface area contributed by atoms with Crippen LogP contribution in [0.25, 0.3) is 0 Å². The summed E-state index contributed by atoms with van der Waals surface area (Å²) < 4.78 is 1.09. The van der Waals surface area contributed by atoms with E-state index < -0.39 is 0 Å². The molecule has 0 amide bonds. The van der Waals surface area contributed by atoms with Gasteiger partial charge in [0.15, 0.2) is 0 Å². The highest BCUT2D eigenvalue weighted by Crippen LogP contribution is 2.25. The van der Waals surface area contributed by atoms with Gasteiger partial charge in [-0.2, -0.15) is 0 Å². The SMILES string of the molecule is CCCCCCCCC(O)c1ccc(C)c(Br)c1. The van der Waals surface area contributed by atoms with E-state index in [2.05, 4.69) is 35.8 Å². The molecule has 0 saturated carbocycles. The fraction of sp³-hybridized carbons (Fsp3) is 0.625. The van der Waals surface area contributed by atoms with E-state index in [1.807, 2.05) is 12.1 Å². The lowest BCUT2D eigenvalue weighted by Gasteiger charge is -2.12. The maximum absolute atomic E-state index is 10.1. The lowest BCUT2D eigenvalue weighted by atomic mass is 10.0. The number of halogens is 1. The standard InChI is InChI=1S/C16H25BrO/c1-3-4-5-6-7-8-9-16(18)14-11-10-13(2)15(17)12-14/h10-12,16,18H,3-9H2,1-2H3. The monoisotopic (exact) mass is 312 g/mol. The van der Waals surface area contributed by atoms with Crippen molar-refractivity contribution in [3.05, 3.63) is 33.8 Å². The maximum Gasteiger partial charge on any atom is 0.0790 e. The summed E-state index contributed by atoms with van der Waals surface area (Å²) in [6.07, 6.45) is 8.20. The third kappa shape index (κ3) is 5.53. The summed E-state index contributed by atoms with van der Waals surface area (Å²) in [5, 5.41) is 10.1. The van der Waals surface area contributed by atoms with E-state index in [9.17, 15) is 5.11 Å². The summed E-state index contributed by atoms with van der Waals surface area (Å²) in [4.78, 5) is 0. The van der Waals surface area contributed by atoms with Gasteiger partial charge in [-0.1, -0.05) is 73.5 Å². The first-order valence-corrected chi connectivity index (χ1v) is 7.88. The van der Waals surface area contributed by atoms with Crippen LogP contribution in [-0.2, 0) is 0 Å². The Kier molecular flexibility index (Phi) is 7.60. The van der Waals surface area contributed by atoms with E-state index in [1.54, 1.807) is 0 Å². The zero-order valence-electron chi connectivity index (χ0n) is 11.6. The molecule has 0 aromatic heterocycles. The molecule has 2 heteroatoms. The Balaban J connectivity index is 2.27. The Labute approximate surface area is 120 Å². The van der Waals surface area contributed by atoms with Crippen molar-refractivity contribution in [3.8, 4) is 0 Å². The number of aliphatic hydroxyl groups excluding tert-OH is 1. The minimum absolute atomic E-state index is 0.312. The first-order chi connectivity index (χ1) is 8.65. The van der Waals surface area contributed by atoms with Gasteiger partial charge in [-0.25, -0.2) is 0 Å². The quantitative estimate of drug-likeness (QED) is 0.625. The molecule has 0 aliphatic carbocycles. The van der Waals surface area contributed by atoms with Gasteiger partial charge in [-0.05, 0) is 30.5 Å². The van der Waals surface area contributed by atoms with E-state index in [0.717, 1.165) is 22.9 Å². The minimum atomic E-state index is -0.312. The fourth-order valence-electron chi connectivity index (χ4n) is 2.10. The van der Waals surface area contributed by atoms with Crippen molar-refractivity contribution < 1.29 is 5.11 Å². The molecule has 1 nitrogen and oxygen atoms in total. The molecule has 1 unspecified atom stereocenters. The van der Waals surface area contributed by atoms with Crippen LogP contribution in [-0.4, -0.2) is 5.11 Å². The third-order valence-corrected chi connectivity index (χ3v) is 4.27. The van der Waals surface area contributed by atoms with Crippen LogP contribution in [0.4, 0.5) is 0 Å². The zero-order chi connectivity index (χ0) is 13.4. The largest absolute Gasteiger partial charge is 0.388 e. The van der Waals surface area contributed by atoms with Crippen LogP contribution in [0, 0.1) is 6.92 Å². The molecule has 0 heterocycles. The van der Waals surface area contributed by atoms with E-state index in [1.165, 1.54) is 37.7 Å². The highest BCUT2D eigenvalue weighted by Gasteiger charge is 2.08. The normalized spacial score (nSPS) is 12.7. The number of hydrogen-bond acceptors (Lipinski definition) is 1. The Morgan fingerprint density at radius 1 is 1.11 bits per heavy atom. The van der Waals surface area contributed by atoms with Crippen molar-refractivity contribution in [2.75, 3.05) is 0 Å². The van der Waals surface area contributed by atoms with Crippen LogP contribution in [0.2, 0.25) is 0 Å². The molecule has 0 radical (unpaired) electrons. The number of aryl methyl sites for hydroxylation is 1. The van der Waals surface area contributed by atoms with E-state index in [4.69, 9.17) is 0 Å². The highest BCUT2D eigenvalue weighted by atomic mass is 79.9. The third-order valence-electron chi connectivity index (χ3n) is 3.41. The highest BCUT2D eigenvalue weighted by molar-refractivity contribution is 9.10. The Bertz CT molecular complexity index is 349. The molecule has 0 saturated heterocycles. The minimum Gasteiger partial charge on any atom is -0.388 e. The van der Waals surface area contributed by atoms with Crippen molar-refractivity contribution in [3.63, 3.8) is 0 Å². The Morgan fingerprint density at radius 3 is 2.44 bits per heavy atom. The average Bonchev–Trinajstić information content (AvgIpc) is 2.36. The second-order valence-corrected chi connectivity index (χ2v) is 5.94. The first kappa shape index (κ1) is 15.7. The summed E-state index contributed by atoms with van der Waals surface area (Å²) in [6.45, 7) is 4.30. The number of aliphatic hydroxyl groups is 1. The molecular formula is C16H25BrO. The second-order valence-electron chi connectivity index (χ2n) is 5.08. The molecule has 0 spiro atoms. The molecule has 0 bridgehead atoms. The summed E-state index contributed by atoms with van der Waals surface area (Å²) in [6, 6.07) is 6.13. The van der Waals surface area contributed by atoms with Crippen molar-refractivity contribution in [1.29, 1.82) is 0 Å². The van der Waals surface area contributed by atoms with Gasteiger partial charge in [-0.15, -0.1) is 0 Å². The molecule has 1 aromatic rings. The molecule has 18 heavy (non-hydrogen) atoms. The zero-order valence-corrected chi connectivity index (χ0v) is 13.2. The lowest BCUT2D eigenvalue weighted by Crippen LogP contribution is -1.98. The second kappa shape index (κ2) is 8.71. The molecule has 0 fully saturated rings. The smallest absolute Gasteiger partial charge is 0.0790 e. The Morgan fingerprint density at radius 2 is 1.78 bits per heavy atom. The molecule has 1 N–H and O–H groups in total. The fourth-order valence-corrected chi connectivity index (χ4v) is 2.50. The van der Waals surface area contributed by atoms with Crippen LogP contribution < -0.4 is 0 Å². The van der Waals surface area contributed by atoms with Crippen molar-refractivity contribution in [2.24, 2.45) is 0 Å². The Hall–Kier alpha value is -0.340. The molecule has 1 aromatic carbocycles. The average molecular weight is 313 g/mol. The summed E-state index contributed by atoms with van der Waals surface area (Å²) in [7, 11) is 0. The van der Waals surface area contributed by atoms with Crippen molar-refractivity contribution >= 4 is 15.9 Å². The van der Waals surface area contributed by atoms with Crippen molar-refractivity contribution in [1.82, 2.24) is 0 Å². The van der Waals surface area contributed by atoms with Gasteiger partial charge in [0.1, 0.15) is 0 Å². The van der Waals surface area contributed by atoms with Crippen LogP contribution in [0.1, 0.15) is 69.1 Å². The number of benzene rings is 1. The molecule has 1 atom stereocenters. The van der Waals surface area contributed by atoms with Crippen LogP contribution in [0.5, 0.6) is 0 Å². The maximum atomic E-state index is 10.1. The van der Waals surface area contributed by atoms with Crippen LogP contribution >= 0.6 is 15.9 Å². The van der Waals surface area contributed by atoms with Gasteiger partial charge in [0.25, 0.3) is 0 Å². The van der Waals surface area contributed by atoms with E-state index in [-0.39, 0.29) is 6.10 Å². The molecule has 1 rings (SSSR count). The topological polar surface area (TPSA) is 20.2 Å². The van der Waals surface area contributed by atoms with Gasteiger partial charge in [0.2, 0.25) is 0 Å². The predicted molar refractivity (Wildman–Crippen MR) is 81.8 cm³/mol. The van der Waals surface area contributed by atoms with Gasteiger partial charge in [-0.3, -0.25) is 0 Å². The van der Waals surface area contributed by atoms with E-state index >= 15 is 0 Å². The molecule has 0 aliphatic heterocycles. The number of hydrogen-bond donors (Lipinski definition) is 1. The first-order valence-electron chi connectivity index (χ1n) is 7.09. The van der Waals surface area contributed by atoms with Crippen LogP contribution in [0.3, 0.4) is 0 Å². The van der Waals surface area contributed by atoms with Gasteiger partial charge < -0.3 is 5.11 Å². The molecular weight excluding hydrogens is 288 g/mol. The van der Waals surface area contributed by atoms with E-state index in [0.29, 0.717) is 0 Å². The summed E-state index contributed by atoms with van der Waals surface area (Å²) >= 11 is 3.51. The lowest BCUT2D eigenvalue weighted by molar-refractivity contribution is 0.163. The summed E-state index contributed by atoms with van der Waals surface area (Å²) in [5.41, 5.74) is 2.24. The summed E-state index contributed by atoms with van der Waals surface area (Å²) in [5.74, 6) is 0. The van der Waals surface area contributed by atoms with Gasteiger partial charge in [0, 0.05) is 4.47 Å². The van der Waals surface area contributed by atoms with Gasteiger partial charge in [0.05, 0.1) is 6.10 Å². The van der Waals surface area contributed by atoms with Crippen LogP contribution in [0.15, 0.2) is 22.7 Å². The number of unbranched alkanes of at least 4 members (excludes halogenated alkanes) is 5. The van der Waals surface area contributed by atoms with Gasteiger partial charge >= 0.3 is 0 Å². The predicted octanol–water partition coefficient (Wildman–Crippen LogP) is 5.54.